The summed E-state index contributed by atoms with van der Waals surface area (Å²) in [6.45, 7) is 7.53. The van der Waals surface area contributed by atoms with E-state index >= 15 is 0 Å². The summed E-state index contributed by atoms with van der Waals surface area (Å²) in [5.41, 5.74) is 6.06. The molecule has 82 valence electrons. The SMILES string of the molecule is Br.CCCC(N)[SiH](OCC)OCC. The van der Waals surface area contributed by atoms with Crippen LogP contribution in [-0.2, 0) is 8.85 Å². The third kappa shape index (κ3) is 7.63. The summed E-state index contributed by atoms with van der Waals surface area (Å²) < 4.78 is 11.0. The molecule has 0 aliphatic rings. The zero-order valence-electron chi connectivity index (χ0n) is 8.79. The van der Waals surface area contributed by atoms with E-state index in [-0.39, 0.29) is 22.6 Å². The van der Waals surface area contributed by atoms with Crippen LogP contribution in [0.2, 0.25) is 0 Å². The Kier molecular flexibility index (Phi) is 13.1. The highest BCUT2D eigenvalue weighted by atomic mass is 79.9. The van der Waals surface area contributed by atoms with Crippen molar-refractivity contribution in [3.63, 3.8) is 0 Å². The van der Waals surface area contributed by atoms with Crippen LogP contribution in [0, 0.1) is 0 Å². The Morgan fingerprint density at radius 2 is 1.62 bits per heavy atom. The van der Waals surface area contributed by atoms with Gasteiger partial charge in [0.2, 0.25) is 0 Å². The minimum absolute atomic E-state index is 0. The van der Waals surface area contributed by atoms with Crippen LogP contribution in [-0.4, -0.2) is 28.2 Å². The smallest absolute Gasteiger partial charge is 0.338 e. The van der Waals surface area contributed by atoms with Crippen molar-refractivity contribution in [2.75, 3.05) is 13.2 Å². The van der Waals surface area contributed by atoms with Gasteiger partial charge in [0, 0.05) is 18.9 Å². The molecule has 0 heterocycles. The average molecular weight is 272 g/mol. The Bertz CT molecular complexity index is 102. The summed E-state index contributed by atoms with van der Waals surface area (Å²) in [4.78, 5) is 0. The average Bonchev–Trinajstić information content (AvgIpc) is 2.04. The molecule has 0 saturated carbocycles. The Hall–Kier alpha value is 0.577. The molecule has 0 aromatic carbocycles. The molecule has 0 fully saturated rings. The molecule has 0 saturated heterocycles. The highest BCUT2D eigenvalue weighted by Crippen LogP contribution is 2.01. The van der Waals surface area contributed by atoms with Crippen molar-refractivity contribution >= 4 is 26.3 Å². The number of hydrogen-bond acceptors (Lipinski definition) is 3. The van der Waals surface area contributed by atoms with Crippen LogP contribution in [0.3, 0.4) is 0 Å². The molecule has 0 aliphatic carbocycles. The molecule has 0 amide bonds. The maximum Gasteiger partial charge on any atom is 0.338 e. The van der Waals surface area contributed by atoms with Crippen molar-refractivity contribution in [1.29, 1.82) is 0 Å². The molecule has 2 N–H and O–H groups in total. The number of halogens is 1. The molecule has 1 atom stereocenters. The highest BCUT2D eigenvalue weighted by Gasteiger charge is 2.20. The van der Waals surface area contributed by atoms with Crippen LogP contribution in [0.4, 0.5) is 0 Å². The molecule has 0 aromatic rings. The third-order valence-corrected chi connectivity index (χ3v) is 3.99. The van der Waals surface area contributed by atoms with E-state index in [0.29, 0.717) is 13.2 Å². The van der Waals surface area contributed by atoms with Gasteiger partial charge in [0.25, 0.3) is 0 Å². The van der Waals surface area contributed by atoms with Crippen LogP contribution in [0.15, 0.2) is 0 Å². The molecular formula is C8H22BrNO2Si. The Morgan fingerprint density at radius 3 is 1.92 bits per heavy atom. The normalized spacial score (nSPS) is 12.7. The minimum atomic E-state index is -1.57. The lowest BCUT2D eigenvalue weighted by molar-refractivity contribution is 0.203. The second-order valence-corrected chi connectivity index (χ2v) is 4.99. The monoisotopic (exact) mass is 271 g/mol. The van der Waals surface area contributed by atoms with Gasteiger partial charge in [-0.2, -0.15) is 0 Å². The van der Waals surface area contributed by atoms with Crippen LogP contribution in [0.25, 0.3) is 0 Å². The predicted octanol–water partition coefficient (Wildman–Crippen LogP) is 1.52. The largest absolute Gasteiger partial charge is 0.396 e. The van der Waals surface area contributed by atoms with Gasteiger partial charge in [0.05, 0.1) is 0 Å². The van der Waals surface area contributed by atoms with Gasteiger partial charge in [0.15, 0.2) is 0 Å². The van der Waals surface area contributed by atoms with Crippen LogP contribution in [0.5, 0.6) is 0 Å². The first kappa shape index (κ1) is 16.0. The van der Waals surface area contributed by atoms with Gasteiger partial charge >= 0.3 is 9.28 Å². The number of rotatable bonds is 7. The van der Waals surface area contributed by atoms with E-state index in [1.54, 1.807) is 0 Å². The van der Waals surface area contributed by atoms with E-state index in [9.17, 15) is 0 Å². The zero-order valence-corrected chi connectivity index (χ0v) is 11.7. The van der Waals surface area contributed by atoms with E-state index in [2.05, 4.69) is 6.92 Å². The first-order chi connectivity index (χ1) is 5.76. The van der Waals surface area contributed by atoms with E-state index in [1.165, 1.54) is 0 Å². The van der Waals surface area contributed by atoms with Crippen molar-refractivity contribution in [3.8, 4) is 0 Å². The fraction of sp³-hybridized carbons (Fsp3) is 1.00. The second kappa shape index (κ2) is 10.7. The van der Waals surface area contributed by atoms with Gasteiger partial charge in [-0.3, -0.25) is 0 Å². The lowest BCUT2D eigenvalue weighted by Crippen LogP contribution is -2.43. The summed E-state index contributed by atoms with van der Waals surface area (Å²) in [6.07, 6.45) is 2.11. The van der Waals surface area contributed by atoms with Crippen molar-refractivity contribution in [2.45, 2.75) is 39.3 Å². The Labute approximate surface area is 93.6 Å². The second-order valence-electron chi connectivity index (χ2n) is 2.73. The molecule has 0 aliphatic heterocycles. The standard InChI is InChI=1S/C8H21NO2Si.BrH/c1-4-7-8(9)12(10-5-2)11-6-3;/h8,12H,4-7,9H2,1-3H3;1H. The Balaban J connectivity index is 0. The third-order valence-electron chi connectivity index (χ3n) is 1.63. The maximum absolute atomic E-state index is 5.91. The van der Waals surface area contributed by atoms with Gasteiger partial charge in [0.1, 0.15) is 0 Å². The zero-order chi connectivity index (χ0) is 9.40. The minimum Gasteiger partial charge on any atom is -0.396 e. The first-order valence-electron chi connectivity index (χ1n) is 4.74. The van der Waals surface area contributed by atoms with Gasteiger partial charge in [-0.05, 0) is 20.3 Å². The van der Waals surface area contributed by atoms with Crippen molar-refractivity contribution in [3.05, 3.63) is 0 Å². The summed E-state index contributed by atoms with van der Waals surface area (Å²) in [6, 6.07) is 0. The fourth-order valence-electron chi connectivity index (χ4n) is 1.09. The molecule has 0 bridgehead atoms. The first-order valence-corrected chi connectivity index (χ1v) is 6.35. The molecule has 0 rings (SSSR count). The summed E-state index contributed by atoms with van der Waals surface area (Å²) in [5.74, 6) is 0. The Morgan fingerprint density at radius 1 is 1.15 bits per heavy atom. The van der Waals surface area contributed by atoms with Gasteiger partial charge in [-0.1, -0.05) is 13.3 Å². The summed E-state index contributed by atoms with van der Waals surface area (Å²) in [7, 11) is -1.57. The summed E-state index contributed by atoms with van der Waals surface area (Å²) >= 11 is 0. The van der Waals surface area contributed by atoms with E-state index in [1.807, 2.05) is 13.8 Å². The van der Waals surface area contributed by atoms with Crippen LogP contribution >= 0.6 is 17.0 Å². The number of nitrogens with two attached hydrogens (primary N) is 1. The molecule has 1 unspecified atom stereocenters. The molecule has 13 heavy (non-hydrogen) atoms. The molecule has 0 spiro atoms. The lowest BCUT2D eigenvalue weighted by Gasteiger charge is -2.20. The fourth-order valence-corrected chi connectivity index (χ4v) is 2.95. The van der Waals surface area contributed by atoms with Crippen LogP contribution < -0.4 is 5.73 Å². The maximum atomic E-state index is 5.91. The predicted molar refractivity (Wildman–Crippen MR) is 63.6 cm³/mol. The summed E-state index contributed by atoms with van der Waals surface area (Å²) in [5, 5.41) is 0. The lowest BCUT2D eigenvalue weighted by atomic mass is 10.3. The van der Waals surface area contributed by atoms with E-state index in [0.717, 1.165) is 12.8 Å². The van der Waals surface area contributed by atoms with Crippen molar-refractivity contribution < 1.29 is 8.85 Å². The van der Waals surface area contributed by atoms with Crippen LogP contribution in [0.1, 0.15) is 33.6 Å². The van der Waals surface area contributed by atoms with E-state index < -0.39 is 9.28 Å². The molecular weight excluding hydrogens is 250 g/mol. The van der Waals surface area contributed by atoms with Crippen molar-refractivity contribution in [2.24, 2.45) is 5.73 Å². The van der Waals surface area contributed by atoms with Gasteiger partial charge < -0.3 is 14.6 Å². The quantitative estimate of drug-likeness (QED) is 0.715. The molecule has 0 radical (unpaired) electrons. The van der Waals surface area contributed by atoms with Gasteiger partial charge in [-0.25, -0.2) is 0 Å². The van der Waals surface area contributed by atoms with Gasteiger partial charge in [-0.15, -0.1) is 17.0 Å². The molecule has 3 nitrogen and oxygen atoms in total. The highest BCUT2D eigenvalue weighted by molar-refractivity contribution is 8.93. The topological polar surface area (TPSA) is 44.5 Å². The van der Waals surface area contributed by atoms with E-state index in [4.69, 9.17) is 14.6 Å². The number of hydrogen-bond donors (Lipinski definition) is 1. The van der Waals surface area contributed by atoms with Crippen molar-refractivity contribution in [1.82, 2.24) is 0 Å². The molecule has 5 heteroatoms. The molecule has 0 aromatic heterocycles.